The maximum atomic E-state index is 5.91. The fourth-order valence-electron chi connectivity index (χ4n) is 2.96. The van der Waals surface area contributed by atoms with E-state index < -0.39 is 0 Å². The average molecular weight is 266 g/mol. The van der Waals surface area contributed by atoms with E-state index in [1.54, 1.807) is 0 Å². The highest BCUT2D eigenvalue weighted by Crippen LogP contribution is 2.28. The van der Waals surface area contributed by atoms with Gasteiger partial charge in [0.25, 0.3) is 0 Å². The monoisotopic (exact) mass is 265 g/mol. The highest BCUT2D eigenvalue weighted by Gasteiger charge is 2.19. The summed E-state index contributed by atoms with van der Waals surface area (Å²) < 4.78 is 0. The molecule has 1 saturated carbocycles. The smallest absolute Gasteiger partial charge is 0.0406 e. The van der Waals surface area contributed by atoms with E-state index in [2.05, 4.69) is 31.3 Å². The lowest BCUT2D eigenvalue weighted by atomic mass is 9.82. The van der Waals surface area contributed by atoms with Gasteiger partial charge < -0.3 is 5.32 Å². The van der Waals surface area contributed by atoms with Crippen molar-refractivity contribution in [3.63, 3.8) is 0 Å². The van der Waals surface area contributed by atoms with Gasteiger partial charge in [-0.2, -0.15) is 0 Å². The molecule has 0 amide bonds. The standard InChI is InChI=1S/C16H24ClN/c1-12-4-3-5-14(10-12)11-18-13(2)15-6-8-16(17)9-7-15/h6-9,12-14,18H,3-5,10-11H2,1-2H3. The van der Waals surface area contributed by atoms with Gasteiger partial charge in [0.15, 0.2) is 0 Å². The van der Waals surface area contributed by atoms with Gasteiger partial charge in [-0.3, -0.25) is 0 Å². The summed E-state index contributed by atoms with van der Waals surface area (Å²) in [6.45, 7) is 5.76. The van der Waals surface area contributed by atoms with E-state index in [0.717, 1.165) is 23.4 Å². The SMILES string of the molecule is CC1CCCC(CNC(C)c2ccc(Cl)cc2)C1. The molecule has 0 bridgehead atoms. The summed E-state index contributed by atoms with van der Waals surface area (Å²) >= 11 is 5.91. The number of nitrogens with one attached hydrogen (secondary N) is 1. The van der Waals surface area contributed by atoms with Crippen LogP contribution in [0.15, 0.2) is 24.3 Å². The summed E-state index contributed by atoms with van der Waals surface area (Å²) in [4.78, 5) is 0. The van der Waals surface area contributed by atoms with Crippen molar-refractivity contribution < 1.29 is 0 Å². The van der Waals surface area contributed by atoms with Crippen molar-refractivity contribution >= 4 is 11.6 Å². The van der Waals surface area contributed by atoms with E-state index in [0.29, 0.717) is 6.04 Å². The van der Waals surface area contributed by atoms with Gasteiger partial charge in [-0.1, -0.05) is 43.5 Å². The molecule has 2 heteroatoms. The fraction of sp³-hybridized carbons (Fsp3) is 0.625. The van der Waals surface area contributed by atoms with E-state index in [1.165, 1.54) is 31.2 Å². The Morgan fingerprint density at radius 3 is 2.67 bits per heavy atom. The topological polar surface area (TPSA) is 12.0 Å². The molecule has 18 heavy (non-hydrogen) atoms. The zero-order valence-electron chi connectivity index (χ0n) is 11.5. The highest BCUT2D eigenvalue weighted by molar-refractivity contribution is 6.30. The average Bonchev–Trinajstić information content (AvgIpc) is 2.37. The van der Waals surface area contributed by atoms with Gasteiger partial charge >= 0.3 is 0 Å². The van der Waals surface area contributed by atoms with Gasteiger partial charge in [-0.15, -0.1) is 0 Å². The molecule has 0 heterocycles. The predicted octanol–water partition coefficient (Wildman–Crippen LogP) is 4.82. The molecule has 0 radical (unpaired) electrons. The molecule has 0 saturated heterocycles. The van der Waals surface area contributed by atoms with Gasteiger partial charge in [0.1, 0.15) is 0 Å². The molecule has 1 nitrogen and oxygen atoms in total. The molecule has 0 aromatic heterocycles. The number of hydrogen-bond donors (Lipinski definition) is 1. The minimum atomic E-state index is 0.416. The van der Waals surface area contributed by atoms with E-state index in [1.807, 2.05) is 12.1 Å². The quantitative estimate of drug-likeness (QED) is 0.823. The zero-order chi connectivity index (χ0) is 13.0. The van der Waals surface area contributed by atoms with Crippen LogP contribution in [-0.2, 0) is 0 Å². The number of benzene rings is 1. The van der Waals surface area contributed by atoms with Crippen molar-refractivity contribution in [1.29, 1.82) is 0 Å². The summed E-state index contributed by atoms with van der Waals surface area (Å²) in [5.74, 6) is 1.78. The summed E-state index contributed by atoms with van der Waals surface area (Å²) in [7, 11) is 0. The van der Waals surface area contributed by atoms with Crippen LogP contribution in [0.4, 0.5) is 0 Å². The van der Waals surface area contributed by atoms with Crippen LogP contribution in [-0.4, -0.2) is 6.54 Å². The third-order valence-corrected chi connectivity index (χ3v) is 4.38. The molecular weight excluding hydrogens is 242 g/mol. The van der Waals surface area contributed by atoms with Crippen LogP contribution in [0.2, 0.25) is 5.02 Å². The second-order valence-electron chi connectivity index (χ2n) is 5.82. The van der Waals surface area contributed by atoms with Crippen LogP contribution in [0.3, 0.4) is 0 Å². The first kappa shape index (κ1) is 13.9. The third-order valence-electron chi connectivity index (χ3n) is 4.13. The Bertz CT molecular complexity index is 360. The minimum absolute atomic E-state index is 0.416. The molecule has 0 spiro atoms. The molecule has 1 aliphatic rings. The van der Waals surface area contributed by atoms with Crippen LogP contribution in [0.1, 0.15) is 51.1 Å². The van der Waals surface area contributed by atoms with E-state index >= 15 is 0 Å². The molecule has 1 N–H and O–H groups in total. The molecule has 1 aromatic carbocycles. The molecule has 1 aromatic rings. The largest absolute Gasteiger partial charge is 0.310 e. The Kier molecular flexibility index (Phi) is 5.08. The number of halogens is 1. The first-order valence-corrected chi connectivity index (χ1v) is 7.52. The number of hydrogen-bond acceptors (Lipinski definition) is 1. The zero-order valence-corrected chi connectivity index (χ0v) is 12.2. The summed E-state index contributed by atoms with van der Waals surface area (Å²) in [5.41, 5.74) is 1.32. The van der Waals surface area contributed by atoms with E-state index in [9.17, 15) is 0 Å². The molecular formula is C16H24ClN. The van der Waals surface area contributed by atoms with Gasteiger partial charge in [0, 0.05) is 11.1 Å². The van der Waals surface area contributed by atoms with Gasteiger partial charge in [-0.25, -0.2) is 0 Å². The van der Waals surface area contributed by atoms with Crippen molar-refractivity contribution in [2.24, 2.45) is 11.8 Å². The van der Waals surface area contributed by atoms with Crippen molar-refractivity contribution in [3.8, 4) is 0 Å². The maximum absolute atomic E-state index is 5.91. The van der Waals surface area contributed by atoms with Gasteiger partial charge in [0.05, 0.1) is 0 Å². The Labute approximate surface area is 116 Å². The molecule has 2 rings (SSSR count). The second kappa shape index (κ2) is 6.58. The van der Waals surface area contributed by atoms with Crippen molar-refractivity contribution in [3.05, 3.63) is 34.9 Å². The highest BCUT2D eigenvalue weighted by atomic mass is 35.5. The molecule has 3 unspecified atom stereocenters. The number of rotatable bonds is 4. The summed E-state index contributed by atoms with van der Waals surface area (Å²) in [5, 5.41) is 4.48. The Balaban J connectivity index is 1.80. The minimum Gasteiger partial charge on any atom is -0.310 e. The van der Waals surface area contributed by atoms with Gasteiger partial charge in [-0.05, 0) is 55.8 Å². The lowest BCUT2D eigenvalue weighted by Crippen LogP contribution is -2.28. The Hall–Kier alpha value is -0.530. The lowest BCUT2D eigenvalue weighted by molar-refractivity contribution is 0.268. The van der Waals surface area contributed by atoms with Crippen molar-refractivity contribution in [2.75, 3.05) is 6.54 Å². The van der Waals surface area contributed by atoms with Crippen LogP contribution in [0, 0.1) is 11.8 Å². The Morgan fingerprint density at radius 2 is 2.00 bits per heavy atom. The fourth-order valence-corrected chi connectivity index (χ4v) is 3.08. The van der Waals surface area contributed by atoms with Gasteiger partial charge in [0.2, 0.25) is 0 Å². The lowest BCUT2D eigenvalue weighted by Gasteiger charge is -2.28. The second-order valence-corrected chi connectivity index (χ2v) is 6.26. The molecule has 0 aliphatic heterocycles. The molecule has 1 aliphatic carbocycles. The summed E-state index contributed by atoms with van der Waals surface area (Å²) in [6.07, 6.45) is 5.61. The third kappa shape index (κ3) is 4.00. The van der Waals surface area contributed by atoms with Crippen molar-refractivity contribution in [2.45, 2.75) is 45.6 Å². The molecule has 1 fully saturated rings. The predicted molar refractivity (Wildman–Crippen MR) is 79.0 cm³/mol. The van der Waals surface area contributed by atoms with Crippen LogP contribution in [0.25, 0.3) is 0 Å². The van der Waals surface area contributed by atoms with Crippen molar-refractivity contribution in [1.82, 2.24) is 5.32 Å². The van der Waals surface area contributed by atoms with Crippen LogP contribution in [0.5, 0.6) is 0 Å². The first-order chi connectivity index (χ1) is 8.65. The maximum Gasteiger partial charge on any atom is 0.0406 e. The van der Waals surface area contributed by atoms with E-state index in [4.69, 9.17) is 11.6 Å². The summed E-state index contributed by atoms with van der Waals surface area (Å²) in [6, 6.07) is 8.59. The van der Waals surface area contributed by atoms with Crippen LogP contribution < -0.4 is 5.32 Å². The van der Waals surface area contributed by atoms with Crippen LogP contribution >= 0.6 is 11.6 Å². The molecule has 100 valence electrons. The first-order valence-electron chi connectivity index (χ1n) is 7.14. The van der Waals surface area contributed by atoms with E-state index in [-0.39, 0.29) is 0 Å². The molecule has 3 atom stereocenters. The Morgan fingerprint density at radius 1 is 1.28 bits per heavy atom. The normalized spacial score (nSPS) is 25.9.